The normalized spacial score (nSPS) is 15.9. The smallest absolute Gasteiger partial charge is 0.212 e. The third-order valence-electron chi connectivity index (χ3n) is 3.97. The van der Waals surface area contributed by atoms with E-state index in [1.807, 2.05) is 0 Å². The average Bonchev–Trinajstić information content (AvgIpc) is 3.34. The van der Waals surface area contributed by atoms with Gasteiger partial charge in [0.25, 0.3) is 0 Å². The molecule has 0 saturated heterocycles. The lowest BCUT2D eigenvalue weighted by atomic mass is 10.1. The molecule has 0 heterocycles. The maximum absolute atomic E-state index is 13.8. The van der Waals surface area contributed by atoms with Crippen molar-refractivity contribution in [2.45, 2.75) is 45.1 Å². The van der Waals surface area contributed by atoms with Crippen LogP contribution in [0.1, 0.15) is 50.6 Å². The summed E-state index contributed by atoms with van der Waals surface area (Å²) in [6, 6.07) is 3.92. The molecule has 1 atom stereocenters. The first-order valence-corrected chi connectivity index (χ1v) is 9.92. The van der Waals surface area contributed by atoms with E-state index in [0.717, 1.165) is 19.1 Å². The Kier molecular flexibility index (Phi) is 6.74. The summed E-state index contributed by atoms with van der Waals surface area (Å²) in [7, 11) is -3.45. The number of unbranched alkanes of at least 4 members (excludes halogenated alkanes) is 2. The van der Waals surface area contributed by atoms with Crippen LogP contribution in [0.5, 0.6) is 5.75 Å². The van der Waals surface area contributed by atoms with Crippen molar-refractivity contribution in [2.75, 3.05) is 12.4 Å². The van der Waals surface area contributed by atoms with E-state index < -0.39 is 21.9 Å². The van der Waals surface area contributed by atoms with E-state index in [2.05, 4.69) is 4.72 Å². The molecule has 1 aliphatic carbocycles. The van der Waals surface area contributed by atoms with E-state index in [1.54, 1.807) is 19.1 Å². The Bertz CT molecular complexity index is 659. The van der Waals surface area contributed by atoms with Crippen LogP contribution in [0.4, 0.5) is 4.39 Å². The van der Waals surface area contributed by atoms with Gasteiger partial charge in [0.1, 0.15) is 6.29 Å². The second-order valence-electron chi connectivity index (χ2n) is 6.27. The molecule has 1 saturated carbocycles. The number of ether oxygens (including phenoxy) is 1. The molecular formula is C17H24FNO4S. The van der Waals surface area contributed by atoms with E-state index in [-0.39, 0.29) is 11.5 Å². The summed E-state index contributed by atoms with van der Waals surface area (Å²) in [6.45, 7) is 2.21. The SMILES string of the molecule is C[C@@H](NS(=O)(=O)CCCCC=O)c1ccc(F)c(OCC2CC2)c1. The summed E-state index contributed by atoms with van der Waals surface area (Å²) in [5, 5.41) is 0. The maximum atomic E-state index is 13.8. The Morgan fingerprint density at radius 1 is 1.38 bits per heavy atom. The van der Waals surface area contributed by atoms with Gasteiger partial charge in [0.05, 0.1) is 12.4 Å². The summed E-state index contributed by atoms with van der Waals surface area (Å²) in [6.07, 6.45) is 4.35. The molecule has 1 aromatic rings. The van der Waals surface area contributed by atoms with Crippen LogP contribution in [0.15, 0.2) is 18.2 Å². The lowest BCUT2D eigenvalue weighted by Gasteiger charge is -2.16. The Labute approximate surface area is 142 Å². The second-order valence-corrected chi connectivity index (χ2v) is 8.14. The van der Waals surface area contributed by atoms with Gasteiger partial charge in [-0.3, -0.25) is 0 Å². The summed E-state index contributed by atoms with van der Waals surface area (Å²) in [5.41, 5.74) is 0.652. The van der Waals surface area contributed by atoms with Crippen molar-refractivity contribution in [3.8, 4) is 5.75 Å². The van der Waals surface area contributed by atoms with E-state index in [0.29, 0.717) is 37.4 Å². The van der Waals surface area contributed by atoms with E-state index in [4.69, 9.17) is 4.74 Å². The fourth-order valence-electron chi connectivity index (χ4n) is 2.31. The molecule has 0 radical (unpaired) electrons. The number of aldehydes is 1. The zero-order chi connectivity index (χ0) is 17.6. The van der Waals surface area contributed by atoms with E-state index in [1.165, 1.54) is 6.07 Å². The van der Waals surface area contributed by atoms with Crippen LogP contribution in [0.3, 0.4) is 0 Å². The van der Waals surface area contributed by atoms with Gasteiger partial charge in [-0.05, 0) is 56.2 Å². The average molecular weight is 357 g/mol. The van der Waals surface area contributed by atoms with Crippen molar-refractivity contribution in [2.24, 2.45) is 5.92 Å². The molecule has 0 aromatic heterocycles. The van der Waals surface area contributed by atoms with Gasteiger partial charge in [-0.25, -0.2) is 17.5 Å². The molecule has 1 aromatic carbocycles. The van der Waals surface area contributed by atoms with Crippen LogP contribution in [0, 0.1) is 11.7 Å². The van der Waals surface area contributed by atoms with Crippen LogP contribution in [-0.4, -0.2) is 27.1 Å². The highest BCUT2D eigenvalue weighted by Gasteiger charge is 2.23. The van der Waals surface area contributed by atoms with Crippen molar-refractivity contribution in [3.63, 3.8) is 0 Å². The number of sulfonamides is 1. The van der Waals surface area contributed by atoms with Crippen molar-refractivity contribution < 1.29 is 22.3 Å². The van der Waals surface area contributed by atoms with Gasteiger partial charge in [0, 0.05) is 12.5 Å². The molecule has 5 nitrogen and oxygen atoms in total. The first kappa shape index (κ1) is 18.9. The van der Waals surface area contributed by atoms with Crippen LogP contribution in [0.2, 0.25) is 0 Å². The van der Waals surface area contributed by atoms with Gasteiger partial charge in [-0.15, -0.1) is 0 Å². The highest BCUT2D eigenvalue weighted by atomic mass is 32.2. The molecule has 7 heteroatoms. The molecule has 0 aliphatic heterocycles. The fraction of sp³-hybridized carbons (Fsp3) is 0.588. The van der Waals surface area contributed by atoms with Gasteiger partial charge in [-0.1, -0.05) is 6.07 Å². The van der Waals surface area contributed by atoms with Crippen LogP contribution >= 0.6 is 0 Å². The number of benzene rings is 1. The Hall–Kier alpha value is -1.47. The summed E-state index contributed by atoms with van der Waals surface area (Å²) < 4.78 is 46.0. The highest BCUT2D eigenvalue weighted by Crippen LogP contribution is 2.31. The first-order valence-electron chi connectivity index (χ1n) is 8.27. The zero-order valence-electron chi connectivity index (χ0n) is 13.8. The van der Waals surface area contributed by atoms with Crippen molar-refractivity contribution in [1.82, 2.24) is 4.72 Å². The van der Waals surface area contributed by atoms with Gasteiger partial charge >= 0.3 is 0 Å². The summed E-state index contributed by atoms with van der Waals surface area (Å²) in [4.78, 5) is 10.2. The minimum Gasteiger partial charge on any atom is -0.490 e. The molecule has 0 bridgehead atoms. The predicted octanol–water partition coefficient (Wildman–Crippen LogP) is 2.96. The molecule has 0 amide bonds. The first-order chi connectivity index (χ1) is 11.4. The molecule has 1 aliphatic rings. The number of nitrogens with one attached hydrogen (secondary N) is 1. The molecule has 1 fully saturated rings. The standard InChI is InChI=1S/C17H24FNO4S/c1-13(19-24(21,22)10-4-2-3-9-20)15-7-8-16(18)17(11-15)23-12-14-5-6-14/h7-9,11,13-14,19H,2-6,10,12H2,1H3/t13-/m1/s1. The summed E-state index contributed by atoms with van der Waals surface area (Å²) >= 11 is 0. The lowest BCUT2D eigenvalue weighted by molar-refractivity contribution is -0.107. The van der Waals surface area contributed by atoms with Crippen LogP contribution in [-0.2, 0) is 14.8 Å². The minimum atomic E-state index is -3.45. The second kappa shape index (κ2) is 8.58. The van der Waals surface area contributed by atoms with Crippen LogP contribution < -0.4 is 9.46 Å². The molecule has 0 unspecified atom stereocenters. The molecule has 2 rings (SSSR count). The van der Waals surface area contributed by atoms with Crippen LogP contribution in [0.25, 0.3) is 0 Å². The Morgan fingerprint density at radius 2 is 2.12 bits per heavy atom. The van der Waals surface area contributed by atoms with E-state index >= 15 is 0 Å². The topological polar surface area (TPSA) is 72.5 Å². The Morgan fingerprint density at radius 3 is 2.79 bits per heavy atom. The predicted molar refractivity (Wildman–Crippen MR) is 89.9 cm³/mol. The lowest BCUT2D eigenvalue weighted by Crippen LogP contribution is -2.29. The third-order valence-corrected chi connectivity index (χ3v) is 5.51. The molecule has 0 spiro atoms. The quantitative estimate of drug-likeness (QED) is 0.488. The summed E-state index contributed by atoms with van der Waals surface area (Å²) in [5.74, 6) is 0.201. The number of rotatable bonds is 11. The number of carbonyl (C=O) groups excluding carboxylic acids is 1. The minimum absolute atomic E-state index is 0.0303. The molecule has 1 N–H and O–H groups in total. The van der Waals surface area contributed by atoms with Crippen molar-refractivity contribution in [3.05, 3.63) is 29.6 Å². The molecular weight excluding hydrogens is 333 g/mol. The molecule has 134 valence electrons. The maximum Gasteiger partial charge on any atom is 0.212 e. The monoisotopic (exact) mass is 357 g/mol. The number of hydrogen-bond acceptors (Lipinski definition) is 4. The number of halogens is 1. The van der Waals surface area contributed by atoms with Gasteiger partial charge < -0.3 is 9.53 Å². The third kappa shape index (κ3) is 6.20. The number of carbonyl (C=O) groups is 1. The van der Waals surface area contributed by atoms with Gasteiger partial charge in [0.15, 0.2) is 11.6 Å². The molecule has 24 heavy (non-hydrogen) atoms. The van der Waals surface area contributed by atoms with Crippen molar-refractivity contribution >= 4 is 16.3 Å². The Balaban J connectivity index is 1.93. The van der Waals surface area contributed by atoms with E-state index in [9.17, 15) is 17.6 Å². The van der Waals surface area contributed by atoms with Crippen molar-refractivity contribution in [1.29, 1.82) is 0 Å². The highest BCUT2D eigenvalue weighted by molar-refractivity contribution is 7.89. The van der Waals surface area contributed by atoms with Gasteiger partial charge in [0.2, 0.25) is 10.0 Å². The number of hydrogen-bond donors (Lipinski definition) is 1. The fourth-order valence-corrected chi connectivity index (χ4v) is 3.68. The largest absolute Gasteiger partial charge is 0.490 e. The zero-order valence-corrected chi connectivity index (χ0v) is 14.6. The van der Waals surface area contributed by atoms with Gasteiger partial charge in [-0.2, -0.15) is 0 Å².